The fourth-order valence-electron chi connectivity index (χ4n) is 11.6. The van der Waals surface area contributed by atoms with Crippen molar-refractivity contribution in [2.45, 2.75) is 413 Å². The van der Waals surface area contributed by atoms with Gasteiger partial charge in [0.25, 0.3) is 0 Å². The molecule has 0 aromatic carbocycles. The van der Waals surface area contributed by atoms with Crippen LogP contribution in [-0.2, 0) is 65.4 Å². The second-order valence-electron chi connectivity index (χ2n) is 27.9. The van der Waals surface area contributed by atoms with Crippen molar-refractivity contribution in [1.29, 1.82) is 0 Å². The SMILES string of the molecule is CCCCCCCCCCCCCCCCCCC(=O)OC[C@H](COP(=O)(O)OC[C@@H](O)COP(=O)(O)OC[C@@H](COC(=O)CCCCCCCCCCC)OC(=O)CCCCCCCCCCC(C)CC)OC(=O)CCCCCCCCCCCCCCCCC(C)CC. The van der Waals surface area contributed by atoms with Crippen LogP contribution in [0.4, 0.5) is 0 Å². The highest BCUT2D eigenvalue weighted by atomic mass is 31.2. The van der Waals surface area contributed by atoms with Gasteiger partial charge in [-0.15, -0.1) is 0 Å². The number of rotatable bonds is 75. The number of aliphatic hydroxyl groups is 1. The largest absolute Gasteiger partial charge is 0.472 e. The first kappa shape index (κ1) is 93.1. The first-order chi connectivity index (χ1) is 45.9. The summed E-state index contributed by atoms with van der Waals surface area (Å²) in [6.45, 7) is 9.63. The van der Waals surface area contributed by atoms with Gasteiger partial charge in [-0.05, 0) is 37.5 Å². The first-order valence-electron chi connectivity index (χ1n) is 39.6. The number of esters is 4. The summed E-state index contributed by atoms with van der Waals surface area (Å²) in [5.74, 6) is -0.501. The van der Waals surface area contributed by atoms with Crippen LogP contribution in [0.2, 0.25) is 0 Å². The minimum absolute atomic E-state index is 0.105. The van der Waals surface area contributed by atoms with Gasteiger partial charge in [-0.1, -0.05) is 343 Å². The van der Waals surface area contributed by atoms with E-state index < -0.39 is 97.5 Å². The summed E-state index contributed by atoms with van der Waals surface area (Å²) in [6.07, 6.45) is 55.3. The molecule has 0 rings (SSSR count). The van der Waals surface area contributed by atoms with E-state index >= 15 is 0 Å². The van der Waals surface area contributed by atoms with Gasteiger partial charge >= 0.3 is 39.5 Å². The highest BCUT2D eigenvalue weighted by Gasteiger charge is 2.30. The fourth-order valence-corrected chi connectivity index (χ4v) is 13.2. The lowest BCUT2D eigenvalue weighted by molar-refractivity contribution is -0.161. The number of carbonyl (C=O) groups excluding carboxylic acids is 4. The second-order valence-corrected chi connectivity index (χ2v) is 30.8. The van der Waals surface area contributed by atoms with Crippen LogP contribution in [-0.4, -0.2) is 96.7 Å². The lowest BCUT2D eigenvalue weighted by Crippen LogP contribution is -2.30. The van der Waals surface area contributed by atoms with Crippen molar-refractivity contribution < 1.29 is 80.2 Å². The predicted octanol–water partition coefficient (Wildman–Crippen LogP) is 22.3. The molecule has 0 aliphatic rings. The van der Waals surface area contributed by atoms with Gasteiger partial charge in [-0.2, -0.15) is 0 Å². The average Bonchev–Trinajstić information content (AvgIpc) is 2.56. The number of unbranched alkanes of at least 4 members (excludes halogenated alkanes) is 43. The monoisotopic (exact) mass is 1400 g/mol. The molecular weight excluding hydrogens is 1250 g/mol. The minimum atomic E-state index is -4.96. The van der Waals surface area contributed by atoms with Crippen LogP contribution < -0.4 is 0 Å². The Morgan fingerprint density at radius 2 is 0.505 bits per heavy atom. The van der Waals surface area contributed by atoms with E-state index in [1.54, 1.807) is 0 Å². The van der Waals surface area contributed by atoms with Crippen molar-refractivity contribution in [2.24, 2.45) is 11.8 Å². The zero-order valence-electron chi connectivity index (χ0n) is 62.0. The standard InChI is InChI=1S/C76H148O17P2/c1-7-11-13-15-17-19-20-21-22-23-27-30-34-41-47-53-59-74(79)87-65-71(92-75(80)60-54-48-42-35-31-28-25-24-26-29-33-38-44-50-56-68(5)9-3)66-90-94(82,83)88-62-70(77)63-89-95(84,85)91-67-72(64-86-73(78)58-52-46-40-32-18-16-14-12-8-2)93-76(81)61-55-49-43-37-36-39-45-51-57-69(6)10-4/h68-72,77H,7-67H2,1-6H3,(H,82,83)(H,84,85)/t68?,69?,70-,71-,72-/m1/s1. The average molecular weight is 1400 g/mol. The third-order valence-electron chi connectivity index (χ3n) is 18.4. The quantitative estimate of drug-likeness (QED) is 0.0222. The summed E-state index contributed by atoms with van der Waals surface area (Å²) in [6, 6.07) is 0. The Morgan fingerprint density at radius 3 is 0.747 bits per heavy atom. The molecule has 0 fully saturated rings. The van der Waals surface area contributed by atoms with E-state index in [1.807, 2.05) is 0 Å². The molecule has 4 unspecified atom stereocenters. The van der Waals surface area contributed by atoms with Crippen LogP contribution >= 0.6 is 15.6 Å². The van der Waals surface area contributed by atoms with E-state index in [0.29, 0.717) is 25.7 Å². The van der Waals surface area contributed by atoms with Crippen molar-refractivity contribution in [3.05, 3.63) is 0 Å². The van der Waals surface area contributed by atoms with Crippen molar-refractivity contribution in [3.8, 4) is 0 Å². The van der Waals surface area contributed by atoms with Crippen LogP contribution in [0.1, 0.15) is 395 Å². The van der Waals surface area contributed by atoms with E-state index in [2.05, 4.69) is 41.5 Å². The first-order valence-corrected chi connectivity index (χ1v) is 42.6. The molecule has 17 nitrogen and oxygen atoms in total. The molecule has 95 heavy (non-hydrogen) atoms. The van der Waals surface area contributed by atoms with Crippen LogP contribution in [0.25, 0.3) is 0 Å². The Hall–Kier alpha value is -1.94. The molecule has 0 heterocycles. The third-order valence-corrected chi connectivity index (χ3v) is 20.3. The van der Waals surface area contributed by atoms with Crippen molar-refractivity contribution in [2.75, 3.05) is 39.6 Å². The zero-order chi connectivity index (χ0) is 70.0. The van der Waals surface area contributed by atoms with Crippen LogP contribution in [0.3, 0.4) is 0 Å². The molecule has 0 aliphatic heterocycles. The Labute approximate surface area is 581 Å². The van der Waals surface area contributed by atoms with E-state index in [9.17, 15) is 43.2 Å². The van der Waals surface area contributed by atoms with E-state index in [1.165, 1.54) is 212 Å². The lowest BCUT2D eigenvalue weighted by Gasteiger charge is -2.21. The molecular formula is C76H148O17P2. The molecule has 19 heteroatoms. The highest BCUT2D eigenvalue weighted by Crippen LogP contribution is 2.45. The fraction of sp³-hybridized carbons (Fsp3) is 0.947. The number of hydrogen-bond acceptors (Lipinski definition) is 15. The maximum Gasteiger partial charge on any atom is 0.472 e. The number of hydrogen-bond donors (Lipinski definition) is 3. The van der Waals surface area contributed by atoms with Gasteiger partial charge in [0.15, 0.2) is 12.2 Å². The number of phosphoric ester groups is 2. The van der Waals surface area contributed by atoms with Gasteiger partial charge in [0.05, 0.1) is 26.4 Å². The Morgan fingerprint density at radius 1 is 0.295 bits per heavy atom. The predicted molar refractivity (Wildman–Crippen MR) is 386 cm³/mol. The van der Waals surface area contributed by atoms with Crippen molar-refractivity contribution >= 4 is 39.5 Å². The topological polar surface area (TPSA) is 237 Å². The normalized spacial score (nSPS) is 14.6. The third kappa shape index (κ3) is 67.6. The summed E-state index contributed by atoms with van der Waals surface area (Å²) in [4.78, 5) is 72.8. The number of phosphoric acid groups is 2. The van der Waals surface area contributed by atoms with Crippen molar-refractivity contribution in [1.82, 2.24) is 0 Å². The molecule has 3 N–H and O–H groups in total. The minimum Gasteiger partial charge on any atom is -0.462 e. The van der Waals surface area contributed by atoms with Crippen molar-refractivity contribution in [3.63, 3.8) is 0 Å². The summed E-state index contributed by atoms with van der Waals surface area (Å²) < 4.78 is 68.5. The second kappa shape index (κ2) is 67.9. The van der Waals surface area contributed by atoms with Gasteiger partial charge in [-0.25, -0.2) is 9.13 Å². The number of aliphatic hydroxyl groups excluding tert-OH is 1. The summed E-state index contributed by atoms with van der Waals surface area (Å²) in [5, 5.41) is 10.6. The van der Waals surface area contributed by atoms with Gasteiger partial charge in [-0.3, -0.25) is 37.3 Å². The molecule has 0 saturated heterocycles. The molecule has 0 bridgehead atoms. The van der Waals surface area contributed by atoms with Gasteiger partial charge in [0.1, 0.15) is 19.3 Å². The molecule has 0 aliphatic carbocycles. The zero-order valence-corrected chi connectivity index (χ0v) is 63.8. The van der Waals surface area contributed by atoms with Crippen LogP contribution in [0, 0.1) is 11.8 Å². The highest BCUT2D eigenvalue weighted by molar-refractivity contribution is 7.47. The molecule has 0 radical (unpaired) electrons. The molecule has 0 amide bonds. The van der Waals surface area contributed by atoms with Crippen LogP contribution in [0.5, 0.6) is 0 Å². The molecule has 0 saturated carbocycles. The molecule has 0 aromatic rings. The van der Waals surface area contributed by atoms with Gasteiger partial charge in [0, 0.05) is 25.7 Å². The number of ether oxygens (including phenoxy) is 4. The Balaban J connectivity index is 5.23. The smallest absolute Gasteiger partial charge is 0.462 e. The van der Waals surface area contributed by atoms with E-state index in [4.69, 9.17) is 37.0 Å². The lowest BCUT2D eigenvalue weighted by atomic mass is 9.99. The van der Waals surface area contributed by atoms with E-state index in [0.717, 1.165) is 102 Å². The van der Waals surface area contributed by atoms with Gasteiger partial charge < -0.3 is 33.8 Å². The maximum atomic E-state index is 13.1. The summed E-state index contributed by atoms with van der Waals surface area (Å²) in [7, 11) is -9.91. The molecule has 7 atom stereocenters. The molecule has 0 spiro atoms. The van der Waals surface area contributed by atoms with Gasteiger partial charge in [0.2, 0.25) is 0 Å². The maximum absolute atomic E-state index is 13.1. The summed E-state index contributed by atoms with van der Waals surface area (Å²) in [5.41, 5.74) is 0. The molecule has 0 aromatic heterocycles. The van der Waals surface area contributed by atoms with Crippen LogP contribution in [0.15, 0.2) is 0 Å². The van der Waals surface area contributed by atoms with E-state index in [-0.39, 0.29) is 25.7 Å². The Kier molecular flexibility index (Phi) is 66.5. The summed E-state index contributed by atoms with van der Waals surface area (Å²) >= 11 is 0. The Bertz CT molecular complexity index is 1840. The number of carbonyl (C=O) groups is 4. The molecule has 564 valence electrons.